The van der Waals surface area contributed by atoms with E-state index in [4.69, 9.17) is 0 Å². The number of hydrogen-bond acceptors (Lipinski definition) is 5. The van der Waals surface area contributed by atoms with Gasteiger partial charge in [-0.2, -0.15) is 0 Å². The number of thioether (sulfide) groups is 1. The van der Waals surface area contributed by atoms with Crippen LogP contribution in [0.2, 0.25) is 0 Å². The molecule has 5 rings (SSSR count). The lowest BCUT2D eigenvalue weighted by Crippen LogP contribution is -2.58. The van der Waals surface area contributed by atoms with Gasteiger partial charge in [-0.25, -0.2) is 0 Å². The fraction of sp³-hybridized carbons (Fsp3) is 0.441. The molecule has 2 bridgehead atoms. The van der Waals surface area contributed by atoms with E-state index in [0.717, 1.165) is 28.8 Å². The van der Waals surface area contributed by atoms with Gasteiger partial charge in [-0.15, -0.1) is 24.9 Å². The van der Waals surface area contributed by atoms with Crippen molar-refractivity contribution in [1.29, 1.82) is 0 Å². The van der Waals surface area contributed by atoms with Crippen LogP contribution in [0.4, 0.5) is 5.69 Å². The maximum atomic E-state index is 14.7. The summed E-state index contributed by atoms with van der Waals surface area (Å²) in [5.74, 6) is -1.62. The van der Waals surface area contributed by atoms with Crippen molar-refractivity contribution in [3.8, 4) is 0 Å². The van der Waals surface area contributed by atoms with Gasteiger partial charge in [0.2, 0.25) is 11.8 Å². The number of benzene rings is 2. The highest BCUT2D eigenvalue weighted by Gasteiger charge is 2.76. The van der Waals surface area contributed by atoms with Gasteiger partial charge >= 0.3 is 0 Å². The van der Waals surface area contributed by atoms with Crippen molar-refractivity contribution in [2.75, 3.05) is 31.1 Å². The molecular formula is C34H41N3O4S. The van der Waals surface area contributed by atoms with Crippen LogP contribution in [0.25, 0.3) is 0 Å². The molecule has 0 saturated carbocycles. The molecule has 8 heteroatoms. The van der Waals surface area contributed by atoms with E-state index >= 15 is 0 Å². The Morgan fingerprint density at radius 2 is 1.81 bits per heavy atom. The lowest BCUT2D eigenvalue weighted by Gasteiger charge is -2.41. The highest BCUT2D eigenvalue weighted by Crippen LogP contribution is 2.69. The molecule has 0 radical (unpaired) electrons. The first-order chi connectivity index (χ1) is 20.2. The summed E-state index contributed by atoms with van der Waals surface area (Å²) in [6.07, 6.45) is 4.17. The van der Waals surface area contributed by atoms with Gasteiger partial charge in [0.15, 0.2) is 0 Å². The van der Waals surface area contributed by atoms with E-state index in [2.05, 4.69) is 20.1 Å². The number of carbonyl (C=O) groups excluding carboxylic acids is 3. The molecule has 1 spiro atoms. The zero-order valence-corrected chi connectivity index (χ0v) is 25.6. The van der Waals surface area contributed by atoms with Crippen molar-refractivity contribution in [3.05, 3.63) is 90.5 Å². The minimum atomic E-state index is -0.799. The van der Waals surface area contributed by atoms with Crippen molar-refractivity contribution >= 4 is 35.2 Å². The highest BCUT2D eigenvalue weighted by molar-refractivity contribution is 8.02. The van der Waals surface area contributed by atoms with Gasteiger partial charge in [0.05, 0.1) is 23.2 Å². The minimum Gasteiger partial charge on any atom is -0.395 e. The quantitative estimate of drug-likeness (QED) is 0.395. The first-order valence-corrected chi connectivity index (χ1v) is 15.6. The molecule has 42 heavy (non-hydrogen) atoms. The van der Waals surface area contributed by atoms with Gasteiger partial charge in [0.25, 0.3) is 5.91 Å². The second-order valence-electron chi connectivity index (χ2n) is 11.8. The molecule has 7 nitrogen and oxygen atoms in total. The van der Waals surface area contributed by atoms with E-state index in [1.165, 1.54) is 0 Å². The number of β-amino-alcohol motifs (C(OH)–C–C–N with tert-alkyl or cyclic N) is 1. The molecule has 2 aromatic carbocycles. The Kier molecular flexibility index (Phi) is 8.67. The average molecular weight is 588 g/mol. The Morgan fingerprint density at radius 3 is 2.48 bits per heavy atom. The van der Waals surface area contributed by atoms with Crippen LogP contribution < -0.4 is 4.90 Å². The molecule has 3 aliphatic rings. The molecule has 222 valence electrons. The monoisotopic (exact) mass is 587 g/mol. The molecule has 0 aliphatic carbocycles. The number of fused-ring (bicyclic) bond motifs is 1. The molecule has 3 aliphatic heterocycles. The molecule has 3 amide bonds. The summed E-state index contributed by atoms with van der Waals surface area (Å²) in [4.78, 5) is 48.5. The maximum absolute atomic E-state index is 14.7. The van der Waals surface area contributed by atoms with Crippen LogP contribution in [0.15, 0.2) is 73.8 Å². The van der Waals surface area contributed by atoms with Gasteiger partial charge < -0.3 is 19.8 Å². The number of carbonyl (C=O) groups is 3. The van der Waals surface area contributed by atoms with E-state index in [0.29, 0.717) is 13.1 Å². The molecular weight excluding hydrogens is 546 g/mol. The number of nitrogens with zero attached hydrogens (tertiary/aromatic N) is 3. The number of likely N-dealkylation sites (tertiary alicyclic amines) is 1. The van der Waals surface area contributed by atoms with E-state index < -0.39 is 22.6 Å². The van der Waals surface area contributed by atoms with Crippen molar-refractivity contribution in [1.82, 2.24) is 9.80 Å². The second-order valence-corrected chi connectivity index (χ2v) is 13.4. The molecule has 3 fully saturated rings. The summed E-state index contributed by atoms with van der Waals surface area (Å²) < 4.78 is -0.766. The Labute approximate surface area is 253 Å². The van der Waals surface area contributed by atoms with Crippen molar-refractivity contribution in [2.24, 2.45) is 17.8 Å². The third kappa shape index (κ3) is 4.88. The molecule has 3 unspecified atom stereocenters. The number of hydrogen-bond donors (Lipinski definition) is 1. The SMILES string of the molecule is C=CCN(Cc1ccccc1)C(=O)[C@@H]1[C@@H]2CC(C)C3(S2)C(C(=O)N(CC=C)c2cc(C)ccc2C)N(CCO)C(=O)[C@H]13. The Hall–Kier alpha value is -3.36. The Morgan fingerprint density at radius 1 is 1.10 bits per heavy atom. The topological polar surface area (TPSA) is 81.2 Å². The van der Waals surface area contributed by atoms with Crippen LogP contribution >= 0.6 is 11.8 Å². The summed E-state index contributed by atoms with van der Waals surface area (Å²) >= 11 is 1.65. The number of aliphatic hydroxyl groups excluding tert-OH is 1. The summed E-state index contributed by atoms with van der Waals surface area (Å²) in [5, 5.41) is 9.98. The smallest absolute Gasteiger partial charge is 0.251 e. The number of aliphatic hydroxyl groups is 1. The van der Waals surface area contributed by atoms with Crippen LogP contribution in [0, 0.1) is 31.6 Å². The third-order valence-corrected chi connectivity index (χ3v) is 11.3. The fourth-order valence-corrected chi connectivity index (χ4v) is 9.83. The predicted molar refractivity (Wildman–Crippen MR) is 168 cm³/mol. The zero-order valence-electron chi connectivity index (χ0n) is 24.7. The summed E-state index contributed by atoms with van der Waals surface area (Å²) in [5.41, 5.74) is 3.77. The standard InChI is InChI=1S/C34H41N3O4S/c1-6-15-35(21-25-11-9-8-10-12-25)31(39)28-27-20-24(5)34(42-27)29(28)32(40)37(17-18-38)30(34)33(41)36(16-7-2)26-19-22(3)13-14-23(26)4/h6-14,19,24,27-30,38H,1-2,15-18,20-21H2,3-5H3/t24?,27-,28+,29-,30?,34?/m0/s1. The molecule has 0 aromatic heterocycles. The molecule has 1 N–H and O–H groups in total. The number of anilines is 1. The lowest BCUT2D eigenvalue weighted by atomic mass is 9.65. The van der Waals surface area contributed by atoms with Crippen molar-refractivity contribution in [3.63, 3.8) is 0 Å². The van der Waals surface area contributed by atoms with Crippen LogP contribution in [-0.4, -0.2) is 74.9 Å². The first-order valence-electron chi connectivity index (χ1n) is 14.7. The van der Waals surface area contributed by atoms with Crippen LogP contribution in [0.5, 0.6) is 0 Å². The highest BCUT2D eigenvalue weighted by atomic mass is 32.2. The Balaban J connectivity index is 1.56. The van der Waals surface area contributed by atoms with Gasteiger partial charge in [-0.05, 0) is 48.9 Å². The van der Waals surface area contributed by atoms with Gasteiger partial charge in [0.1, 0.15) is 6.04 Å². The van der Waals surface area contributed by atoms with Crippen LogP contribution in [-0.2, 0) is 20.9 Å². The van der Waals surface area contributed by atoms with Gasteiger partial charge in [-0.1, -0.05) is 61.5 Å². The Bertz CT molecular complexity index is 1380. The minimum absolute atomic E-state index is 0.0364. The van der Waals surface area contributed by atoms with Crippen molar-refractivity contribution in [2.45, 2.75) is 49.8 Å². The molecule has 2 aromatic rings. The number of rotatable bonds is 11. The lowest BCUT2D eigenvalue weighted by molar-refractivity contribution is -0.144. The number of amides is 3. The van der Waals surface area contributed by atoms with Crippen molar-refractivity contribution < 1.29 is 19.5 Å². The third-order valence-electron chi connectivity index (χ3n) is 9.22. The van der Waals surface area contributed by atoms with E-state index in [1.807, 2.05) is 62.4 Å². The molecule has 6 atom stereocenters. The van der Waals surface area contributed by atoms with Gasteiger partial charge in [0, 0.05) is 37.1 Å². The van der Waals surface area contributed by atoms with Gasteiger partial charge in [-0.3, -0.25) is 14.4 Å². The van der Waals surface area contributed by atoms with Crippen LogP contribution in [0.3, 0.4) is 0 Å². The summed E-state index contributed by atoms with van der Waals surface area (Å²) in [6, 6.07) is 15.0. The first kappa shape index (κ1) is 30.1. The van der Waals surface area contributed by atoms with E-state index in [1.54, 1.807) is 38.6 Å². The predicted octanol–water partition coefficient (Wildman–Crippen LogP) is 4.37. The largest absolute Gasteiger partial charge is 0.395 e. The fourth-order valence-electron chi connectivity index (χ4n) is 7.43. The van der Waals surface area contributed by atoms with E-state index in [9.17, 15) is 19.5 Å². The normalized spacial score (nSPS) is 27.6. The summed E-state index contributed by atoms with van der Waals surface area (Å²) in [7, 11) is 0. The van der Waals surface area contributed by atoms with E-state index in [-0.39, 0.29) is 48.6 Å². The maximum Gasteiger partial charge on any atom is 0.251 e. The number of aryl methyl sites for hydroxylation is 2. The average Bonchev–Trinajstić information content (AvgIpc) is 3.56. The molecule has 3 heterocycles. The molecule has 3 saturated heterocycles. The second kappa shape index (κ2) is 12.1. The van der Waals surface area contributed by atoms with Crippen LogP contribution in [0.1, 0.15) is 30.0 Å². The summed E-state index contributed by atoms with van der Waals surface area (Å²) in [6.45, 7) is 14.7. The zero-order chi connectivity index (χ0) is 30.2.